The molecule has 1 N–H and O–H groups in total. The van der Waals surface area contributed by atoms with Crippen molar-refractivity contribution in [3.8, 4) is 0 Å². The average molecular weight is 318 g/mol. The number of rotatable bonds is 4. The van der Waals surface area contributed by atoms with E-state index in [2.05, 4.69) is 11.9 Å². The number of hydrogen-bond donors (Lipinski definition) is 1. The summed E-state index contributed by atoms with van der Waals surface area (Å²) in [6, 6.07) is 1.66. The number of nitrogens with zero attached hydrogens (tertiary/aromatic N) is 2. The molecule has 0 saturated carbocycles. The standard InChI is InChI=1S/C13H22N2O3S2/c1-10-13(8-12(9-16)19-10)20(17,18)15(3)11-4-6-14(2)7-5-11/h8,11,16H,4-7,9H2,1-3H3. The number of aryl methyl sites for hydroxylation is 1. The normalized spacial score (nSPS) is 18.9. The highest BCUT2D eigenvalue weighted by atomic mass is 32.2. The van der Waals surface area contributed by atoms with Crippen LogP contribution in [0.5, 0.6) is 0 Å². The van der Waals surface area contributed by atoms with Gasteiger partial charge < -0.3 is 10.0 Å². The smallest absolute Gasteiger partial charge is 0.244 e. The molecule has 1 aromatic rings. The van der Waals surface area contributed by atoms with Crippen molar-refractivity contribution in [1.82, 2.24) is 9.21 Å². The molecule has 7 heteroatoms. The second-order valence-electron chi connectivity index (χ2n) is 5.35. The maximum Gasteiger partial charge on any atom is 0.244 e. The second-order valence-corrected chi connectivity index (χ2v) is 8.65. The molecule has 0 radical (unpaired) electrons. The third-order valence-corrected chi connectivity index (χ3v) is 7.14. The van der Waals surface area contributed by atoms with E-state index in [0.717, 1.165) is 30.8 Å². The zero-order valence-corrected chi connectivity index (χ0v) is 13.8. The summed E-state index contributed by atoms with van der Waals surface area (Å²) in [5.41, 5.74) is 0. The Balaban J connectivity index is 2.22. The van der Waals surface area contributed by atoms with Crippen molar-refractivity contribution >= 4 is 21.4 Å². The third kappa shape index (κ3) is 3.07. The fourth-order valence-electron chi connectivity index (χ4n) is 2.57. The van der Waals surface area contributed by atoms with Crippen LogP contribution in [0.3, 0.4) is 0 Å². The molecule has 1 aliphatic heterocycles. The van der Waals surface area contributed by atoms with E-state index in [4.69, 9.17) is 5.11 Å². The first kappa shape index (κ1) is 15.9. The summed E-state index contributed by atoms with van der Waals surface area (Å²) in [5.74, 6) is 0. The van der Waals surface area contributed by atoms with Crippen LogP contribution in [0.1, 0.15) is 22.6 Å². The second kappa shape index (κ2) is 6.11. The highest BCUT2D eigenvalue weighted by Crippen LogP contribution is 2.30. The van der Waals surface area contributed by atoms with Gasteiger partial charge in [0.05, 0.1) is 11.5 Å². The van der Waals surface area contributed by atoms with Crippen molar-refractivity contribution in [2.24, 2.45) is 0 Å². The summed E-state index contributed by atoms with van der Waals surface area (Å²) < 4.78 is 26.9. The first-order valence-corrected chi connectivity index (χ1v) is 8.98. The van der Waals surface area contributed by atoms with Gasteiger partial charge >= 0.3 is 0 Å². The zero-order chi connectivity index (χ0) is 14.9. The van der Waals surface area contributed by atoms with Gasteiger partial charge in [0.2, 0.25) is 10.0 Å². The van der Waals surface area contributed by atoms with Gasteiger partial charge in [-0.3, -0.25) is 0 Å². The Kier molecular flexibility index (Phi) is 4.86. The van der Waals surface area contributed by atoms with Gasteiger partial charge in [-0.25, -0.2) is 8.42 Å². The van der Waals surface area contributed by atoms with Crippen molar-refractivity contribution < 1.29 is 13.5 Å². The predicted molar refractivity (Wildman–Crippen MR) is 80.4 cm³/mol. The Morgan fingerprint density at radius 1 is 1.45 bits per heavy atom. The number of aliphatic hydroxyl groups is 1. The lowest BCUT2D eigenvalue weighted by molar-refractivity contribution is 0.197. The largest absolute Gasteiger partial charge is 0.391 e. The first-order chi connectivity index (χ1) is 9.36. The number of thiophene rings is 1. The Morgan fingerprint density at radius 3 is 2.55 bits per heavy atom. The minimum atomic E-state index is -3.46. The van der Waals surface area contributed by atoms with E-state index in [0.29, 0.717) is 9.77 Å². The summed E-state index contributed by atoms with van der Waals surface area (Å²) in [6.45, 7) is 3.53. The lowest BCUT2D eigenvalue weighted by Gasteiger charge is -2.34. The van der Waals surface area contributed by atoms with Crippen LogP contribution in [0.25, 0.3) is 0 Å². The van der Waals surface area contributed by atoms with Crippen LogP contribution >= 0.6 is 11.3 Å². The molecule has 0 unspecified atom stereocenters. The summed E-state index contributed by atoms with van der Waals surface area (Å²) >= 11 is 1.34. The van der Waals surface area contributed by atoms with Crippen molar-refractivity contribution in [2.75, 3.05) is 27.2 Å². The van der Waals surface area contributed by atoms with Crippen LogP contribution < -0.4 is 0 Å². The van der Waals surface area contributed by atoms with Gasteiger partial charge in [-0.1, -0.05) is 0 Å². The van der Waals surface area contributed by atoms with Crippen LogP contribution in [0.4, 0.5) is 0 Å². The lowest BCUT2D eigenvalue weighted by atomic mass is 10.1. The average Bonchev–Trinajstić information content (AvgIpc) is 2.81. The molecule has 1 saturated heterocycles. The fourth-order valence-corrected chi connectivity index (χ4v) is 5.45. The van der Waals surface area contributed by atoms with Gasteiger partial charge in [0, 0.05) is 22.8 Å². The van der Waals surface area contributed by atoms with Crippen LogP contribution in [0.15, 0.2) is 11.0 Å². The molecular formula is C13H22N2O3S2. The fraction of sp³-hybridized carbons (Fsp3) is 0.692. The third-order valence-electron chi connectivity index (χ3n) is 3.94. The van der Waals surface area contributed by atoms with Crippen LogP contribution in [-0.4, -0.2) is 56.0 Å². The van der Waals surface area contributed by atoms with Crippen LogP contribution in [-0.2, 0) is 16.6 Å². The molecule has 20 heavy (non-hydrogen) atoms. The Labute approximate surface area is 124 Å². The van der Waals surface area contributed by atoms with Crippen LogP contribution in [0, 0.1) is 6.92 Å². The number of hydrogen-bond acceptors (Lipinski definition) is 5. The van der Waals surface area contributed by atoms with E-state index in [1.54, 1.807) is 20.0 Å². The van der Waals surface area contributed by atoms with Crippen molar-refractivity contribution in [3.05, 3.63) is 15.8 Å². The van der Waals surface area contributed by atoms with Crippen molar-refractivity contribution in [1.29, 1.82) is 0 Å². The summed E-state index contributed by atoms with van der Waals surface area (Å²) in [6.07, 6.45) is 1.73. The molecule has 2 rings (SSSR count). The molecule has 2 heterocycles. The van der Waals surface area contributed by atoms with Crippen LogP contribution in [0.2, 0.25) is 0 Å². The number of sulfonamides is 1. The van der Waals surface area contributed by atoms with Gasteiger partial charge in [0.15, 0.2) is 0 Å². The van der Waals surface area contributed by atoms with E-state index in [9.17, 15) is 8.42 Å². The lowest BCUT2D eigenvalue weighted by Crippen LogP contribution is -2.44. The molecule has 1 aromatic heterocycles. The molecule has 1 fully saturated rings. The quantitative estimate of drug-likeness (QED) is 0.908. The SMILES string of the molecule is Cc1sc(CO)cc1S(=O)(=O)N(C)C1CCN(C)CC1. The van der Waals surface area contributed by atoms with Gasteiger partial charge in [-0.2, -0.15) is 4.31 Å². The molecule has 0 aliphatic carbocycles. The molecule has 1 aliphatic rings. The predicted octanol–water partition coefficient (Wildman–Crippen LogP) is 1.26. The van der Waals surface area contributed by atoms with E-state index in [1.165, 1.54) is 15.6 Å². The van der Waals surface area contributed by atoms with E-state index in [-0.39, 0.29) is 12.6 Å². The molecule has 0 amide bonds. The molecule has 0 aromatic carbocycles. The van der Waals surface area contributed by atoms with Gasteiger partial charge in [0.1, 0.15) is 0 Å². The Morgan fingerprint density at radius 2 is 2.05 bits per heavy atom. The van der Waals surface area contributed by atoms with Gasteiger partial charge in [-0.15, -0.1) is 11.3 Å². The van der Waals surface area contributed by atoms with E-state index in [1.807, 2.05) is 0 Å². The minimum absolute atomic E-state index is 0.0630. The highest BCUT2D eigenvalue weighted by Gasteiger charge is 2.31. The monoisotopic (exact) mass is 318 g/mol. The highest BCUT2D eigenvalue weighted by molar-refractivity contribution is 7.89. The Hall–Kier alpha value is -0.470. The van der Waals surface area contributed by atoms with Gasteiger partial charge in [-0.05, 0) is 46.0 Å². The number of piperidine rings is 1. The number of likely N-dealkylation sites (tertiary alicyclic amines) is 1. The molecule has 5 nitrogen and oxygen atoms in total. The van der Waals surface area contributed by atoms with Gasteiger partial charge in [0.25, 0.3) is 0 Å². The van der Waals surface area contributed by atoms with Crippen molar-refractivity contribution in [3.63, 3.8) is 0 Å². The zero-order valence-electron chi connectivity index (χ0n) is 12.2. The molecule has 114 valence electrons. The summed E-state index contributed by atoms with van der Waals surface area (Å²) in [4.78, 5) is 4.00. The molecule has 0 spiro atoms. The maximum atomic E-state index is 12.7. The summed E-state index contributed by atoms with van der Waals surface area (Å²) in [7, 11) is 0.263. The van der Waals surface area contributed by atoms with E-state index >= 15 is 0 Å². The maximum absolute atomic E-state index is 12.7. The van der Waals surface area contributed by atoms with Crippen molar-refractivity contribution in [2.45, 2.75) is 37.3 Å². The summed E-state index contributed by atoms with van der Waals surface area (Å²) in [5, 5.41) is 9.15. The minimum Gasteiger partial charge on any atom is -0.391 e. The number of aliphatic hydroxyl groups excluding tert-OH is 1. The molecular weight excluding hydrogens is 296 g/mol. The Bertz CT molecular complexity index is 560. The van der Waals surface area contributed by atoms with E-state index < -0.39 is 10.0 Å². The molecule has 0 atom stereocenters. The first-order valence-electron chi connectivity index (χ1n) is 6.73. The molecule has 0 bridgehead atoms. The topological polar surface area (TPSA) is 60.9 Å².